The lowest BCUT2D eigenvalue weighted by atomic mass is 10.1. The standard InChI is InChI=1S/C16H19N3/c1-12-7-8-13(17)16(11-12)19-10-9-18(2)14-5-3-4-6-15(14)19/h3-8,11H,9-10,17H2,1-2H3. The summed E-state index contributed by atoms with van der Waals surface area (Å²) in [5.41, 5.74) is 11.8. The summed E-state index contributed by atoms with van der Waals surface area (Å²) < 4.78 is 0. The minimum Gasteiger partial charge on any atom is -0.397 e. The van der Waals surface area contributed by atoms with Gasteiger partial charge >= 0.3 is 0 Å². The average molecular weight is 253 g/mol. The van der Waals surface area contributed by atoms with E-state index in [9.17, 15) is 0 Å². The summed E-state index contributed by atoms with van der Waals surface area (Å²) in [6, 6.07) is 14.7. The van der Waals surface area contributed by atoms with Gasteiger partial charge in [-0.1, -0.05) is 18.2 Å². The van der Waals surface area contributed by atoms with Gasteiger partial charge in [0, 0.05) is 20.1 Å². The van der Waals surface area contributed by atoms with Crippen LogP contribution in [0.3, 0.4) is 0 Å². The van der Waals surface area contributed by atoms with Crippen molar-refractivity contribution in [1.29, 1.82) is 0 Å². The van der Waals surface area contributed by atoms with Crippen molar-refractivity contribution in [3.05, 3.63) is 48.0 Å². The third-order valence-electron chi connectivity index (χ3n) is 3.72. The van der Waals surface area contributed by atoms with E-state index in [-0.39, 0.29) is 0 Å². The second-order valence-electron chi connectivity index (χ2n) is 5.12. The highest BCUT2D eigenvalue weighted by Gasteiger charge is 2.22. The van der Waals surface area contributed by atoms with Gasteiger partial charge in [-0.05, 0) is 36.8 Å². The van der Waals surface area contributed by atoms with E-state index < -0.39 is 0 Å². The van der Waals surface area contributed by atoms with Crippen LogP contribution in [0.15, 0.2) is 42.5 Å². The lowest BCUT2D eigenvalue weighted by molar-refractivity contribution is 0.822. The molecule has 0 atom stereocenters. The van der Waals surface area contributed by atoms with E-state index in [1.807, 2.05) is 6.07 Å². The van der Waals surface area contributed by atoms with E-state index in [4.69, 9.17) is 5.73 Å². The van der Waals surface area contributed by atoms with Gasteiger partial charge in [0.2, 0.25) is 0 Å². The van der Waals surface area contributed by atoms with E-state index in [0.29, 0.717) is 0 Å². The minimum atomic E-state index is 0.838. The van der Waals surface area contributed by atoms with E-state index in [2.05, 4.69) is 60.2 Å². The van der Waals surface area contributed by atoms with Crippen molar-refractivity contribution in [2.45, 2.75) is 6.92 Å². The van der Waals surface area contributed by atoms with Crippen molar-refractivity contribution in [2.24, 2.45) is 0 Å². The molecular formula is C16H19N3. The SMILES string of the molecule is Cc1ccc(N)c(N2CCN(C)c3ccccc32)c1. The van der Waals surface area contributed by atoms with Gasteiger partial charge in [-0.3, -0.25) is 0 Å². The molecule has 3 nitrogen and oxygen atoms in total. The molecule has 2 aromatic carbocycles. The largest absolute Gasteiger partial charge is 0.397 e. The maximum atomic E-state index is 6.16. The zero-order chi connectivity index (χ0) is 13.4. The monoisotopic (exact) mass is 253 g/mol. The van der Waals surface area contributed by atoms with Crippen LogP contribution in [-0.2, 0) is 0 Å². The summed E-state index contributed by atoms with van der Waals surface area (Å²) in [6.07, 6.45) is 0. The number of nitrogens with zero attached hydrogens (tertiary/aromatic N) is 2. The van der Waals surface area contributed by atoms with Crippen LogP contribution < -0.4 is 15.5 Å². The molecule has 1 aliphatic heterocycles. The molecule has 1 aliphatic rings. The van der Waals surface area contributed by atoms with Gasteiger partial charge in [0.1, 0.15) is 0 Å². The Morgan fingerprint density at radius 1 is 0.947 bits per heavy atom. The Hall–Kier alpha value is -2.16. The van der Waals surface area contributed by atoms with Crippen molar-refractivity contribution in [2.75, 3.05) is 35.7 Å². The summed E-state index contributed by atoms with van der Waals surface area (Å²) >= 11 is 0. The molecule has 3 rings (SSSR count). The Morgan fingerprint density at radius 3 is 2.47 bits per heavy atom. The number of likely N-dealkylation sites (N-methyl/N-ethyl adjacent to an activating group) is 1. The second kappa shape index (κ2) is 4.50. The molecule has 0 unspecified atom stereocenters. The van der Waals surface area contributed by atoms with Gasteiger partial charge in [0.25, 0.3) is 0 Å². The molecule has 19 heavy (non-hydrogen) atoms. The second-order valence-corrected chi connectivity index (χ2v) is 5.12. The first-order valence-electron chi connectivity index (χ1n) is 6.60. The molecule has 0 spiro atoms. The third kappa shape index (κ3) is 2.01. The van der Waals surface area contributed by atoms with Gasteiger partial charge in [0.15, 0.2) is 0 Å². The molecular weight excluding hydrogens is 234 g/mol. The molecule has 2 aromatic rings. The molecule has 3 heteroatoms. The van der Waals surface area contributed by atoms with Crippen LogP contribution in [0, 0.1) is 6.92 Å². The number of hydrogen-bond donors (Lipinski definition) is 1. The summed E-state index contributed by atoms with van der Waals surface area (Å²) in [4.78, 5) is 4.61. The van der Waals surface area contributed by atoms with E-state index >= 15 is 0 Å². The van der Waals surface area contributed by atoms with Crippen LogP contribution in [0.1, 0.15) is 5.56 Å². The molecule has 0 bridgehead atoms. The summed E-state index contributed by atoms with van der Waals surface area (Å²) in [7, 11) is 2.13. The van der Waals surface area contributed by atoms with Gasteiger partial charge in [-0.2, -0.15) is 0 Å². The molecule has 0 aromatic heterocycles. The number of fused-ring (bicyclic) bond motifs is 1. The van der Waals surface area contributed by atoms with Crippen molar-refractivity contribution in [3.8, 4) is 0 Å². The fraction of sp³-hybridized carbons (Fsp3) is 0.250. The van der Waals surface area contributed by atoms with Crippen molar-refractivity contribution >= 4 is 22.7 Å². The van der Waals surface area contributed by atoms with Crippen LogP contribution in [0.25, 0.3) is 0 Å². The van der Waals surface area contributed by atoms with E-state index in [1.54, 1.807) is 0 Å². The molecule has 0 fully saturated rings. The van der Waals surface area contributed by atoms with Gasteiger partial charge in [-0.25, -0.2) is 0 Å². The smallest absolute Gasteiger partial charge is 0.0649 e. The van der Waals surface area contributed by atoms with Crippen molar-refractivity contribution < 1.29 is 0 Å². The molecule has 0 aliphatic carbocycles. The lowest BCUT2D eigenvalue weighted by Crippen LogP contribution is -2.36. The number of anilines is 4. The number of nitrogen functional groups attached to an aromatic ring is 1. The lowest BCUT2D eigenvalue weighted by Gasteiger charge is -2.37. The van der Waals surface area contributed by atoms with E-state index in [0.717, 1.165) is 24.5 Å². The van der Waals surface area contributed by atoms with Crippen LogP contribution >= 0.6 is 0 Å². The first kappa shape index (κ1) is 11.9. The molecule has 98 valence electrons. The fourth-order valence-corrected chi connectivity index (χ4v) is 2.64. The summed E-state index contributed by atoms with van der Waals surface area (Å²) in [5, 5.41) is 0. The Morgan fingerprint density at radius 2 is 1.68 bits per heavy atom. The Labute approximate surface area is 114 Å². The number of hydrogen-bond acceptors (Lipinski definition) is 3. The Bertz CT molecular complexity index is 607. The molecule has 0 radical (unpaired) electrons. The predicted molar refractivity (Wildman–Crippen MR) is 82.3 cm³/mol. The first-order valence-corrected chi connectivity index (χ1v) is 6.60. The molecule has 0 amide bonds. The predicted octanol–water partition coefficient (Wildman–Crippen LogP) is 3.17. The van der Waals surface area contributed by atoms with Crippen LogP contribution in [0.5, 0.6) is 0 Å². The zero-order valence-corrected chi connectivity index (χ0v) is 11.4. The average Bonchev–Trinajstić information content (AvgIpc) is 2.43. The van der Waals surface area contributed by atoms with Crippen molar-refractivity contribution in [3.63, 3.8) is 0 Å². The molecule has 2 N–H and O–H groups in total. The minimum absolute atomic E-state index is 0.838. The number of aryl methyl sites for hydroxylation is 1. The van der Waals surface area contributed by atoms with Gasteiger partial charge in [0.05, 0.1) is 22.7 Å². The van der Waals surface area contributed by atoms with E-state index in [1.165, 1.54) is 16.9 Å². The highest BCUT2D eigenvalue weighted by atomic mass is 15.3. The highest BCUT2D eigenvalue weighted by Crippen LogP contribution is 2.39. The molecule has 1 heterocycles. The third-order valence-corrected chi connectivity index (χ3v) is 3.72. The van der Waals surface area contributed by atoms with Gasteiger partial charge in [-0.15, -0.1) is 0 Å². The maximum absolute atomic E-state index is 6.16. The first-order chi connectivity index (χ1) is 9.16. The molecule has 0 saturated heterocycles. The topological polar surface area (TPSA) is 32.5 Å². The maximum Gasteiger partial charge on any atom is 0.0649 e. The molecule has 0 saturated carbocycles. The van der Waals surface area contributed by atoms with Crippen LogP contribution in [0.2, 0.25) is 0 Å². The Kier molecular flexibility index (Phi) is 2.82. The highest BCUT2D eigenvalue weighted by molar-refractivity contribution is 5.83. The van der Waals surface area contributed by atoms with Crippen LogP contribution in [-0.4, -0.2) is 20.1 Å². The van der Waals surface area contributed by atoms with Crippen LogP contribution in [0.4, 0.5) is 22.7 Å². The normalized spacial score (nSPS) is 14.4. The number of benzene rings is 2. The zero-order valence-electron chi connectivity index (χ0n) is 11.4. The van der Waals surface area contributed by atoms with Gasteiger partial charge < -0.3 is 15.5 Å². The number of rotatable bonds is 1. The number of para-hydroxylation sites is 2. The summed E-state index contributed by atoms with van der Waals surface area (Å²) in [6.45, 7) is 4.07. The summed E-state index contributed by atoms with van der Waals surface area (Å²) in [5.74, 6) is 0. The fourth-order valence-electron chi connectivity index (χ4n) is 2.64. The van der Waals surface area contributed by atoms with Crippen molar-refractivity contribution in [1.82, 2.24) is 0 Å². The number of nitrogens with two attached hydrogens (primary N) is 1. The quantitative estimate of drug-likeness (QED) is 0.792. The Balaban J connectivity index is 2.12.